The maximum absolute atomic E-state index is 12.8. The highest BCUT2D eigenvalue weighted by molar-refractivity contribution is 6.23. The summed E-state index contributed by atoms with van der Waals surface area (Å²) in [6.45, 7) is 6.02. The van der Waals surface area contributed by atoms with Gasteiger partial charge in [0.2, 0.25) is 5.91 Å². The molecule has 1 aromatic rings. The van der Waals surface area contributed by atoms with Crippen molar-refractivity contribution in [1.29, 1.82) is 0 Å². The number of carbonyl (C=O) groups excluding carboxylic acids is 3. The second-order valence-corrected chi connectivity index (χ2v) is 7.43. The first-order chi connectivity index (χ1) is 13.5. The monoisotopic (exact) mass is 380 g/mol. The number of hydrogen-bond donors (Lipinski definition) is 1. The molecular weight excluding hydrogens is 356 g/mol. The van der Waals surface area contributed by atoms with E-state index in [1.807, 2.05) is 24.3 Å². The minimum absolute atomic E-state index is 0.117. The topological polar surface area (TPSA) is 91.2 Å². The molecule has 0 spiro atoms. The smallest absolute Gasteiger partial charge is 0.349 e. The molecule has 146 valence electrons. The van der Waals surface area contributed by atoms with Gasteiger partial charge in [0.15, 0.2) is 0 Å². The van der Waals surface area contributed by atoms with Crippen LogP contribution < -0.4 is 10.2 Å². The summed E-state index contributed by atoms with van der Waals surface area (Å²) in [6.07, 6.45) is 1.95. The van der Waals surface area contributed by atoms with Crippen molar-refractivity contribution in [2.24, 2.45) is 21.8 Å². The summed E-state index contributed by atoms with van der Waals surface area (Å²) in [7, 11) is 0. The molecular formula is C21H24N4O3. The van der Waals surface area contributed by atoms with E-state index in [1.165, 1.54) is 0 Å². The molecule has 7 heteroatoms. The summed E-state index contributed by atoms with van der Waals surface area (Å²) in [4.78, 5) is 47.9. The first-order valence-electron chi connectivity index (χ1n) is 9.92. The van der Waals surface area contributed by atoms with Gasteiger partial charge in [-0.3, -0.25) is 14.9 Å². The molecule has 1 fully saturated rings. The predicted molar refractivity (Wildman–Crippen MR) is 107 cm³/mol. The number of anilines is 1. The Morgan fingerprint density at radius 2 is 1.71 bits per heavy atom. The molecule has 0 radical (unpaired) electrons. The van der Waals surface area contributed by atoms with E-state index >= 15 is 0 Å². The Kier molecular flexibility index (Phi) is 4.83. The molecule has 1 aromatic carbocycles. The highest BCUT2D eigenvalue weighted by Gasteiger charge is 2.49. The van der Waals surface area contributed by atoms with Crippen molar-refractivity contribution in [1.82, 2.24) is 5.32 Å². The number of carbonyl (C=O) groups is 3. The minimum Gasteiger partial charge on any atom is -0.372 e. The summed E-state index contributed by atoms with van der Waals surface area (Å²) in [5.41, 5.74) is 2.77. The van der Waals surface area contributed by atoms with E-state index in [4.69, 9.17) is 0 Å². The lowest BCUT2D eigenvalue weighted by Crippen LogP contribution is -2.52. The van der Waals surface area contributed by atoms with E-state index in [2.05, 4.69) is 34.0 Å². The number of aliphatic imine (C=N–C) groups is 2. The molecule has 3 aliphatic rings. The van der Waals surface area contributed by atoms with E-state index in [-0.39, 0.29) is 17.5 Å². The Bertz CT molecular complexity index is 883. The highest BCUT2D eigenvalue weighted by Crippen LogP contribution is 2.43. The number of amides is 3. The van der Waals surface area contributed by atoms with Crippen molar-refractivity contribution < 1.29 is 14.4 Å². The number of Topliss-reactive ketones (excluding diaryl/α,β-unsaturated/α-hetero) is 1. The fraction of sp³-hybridized carbons (Fsp3) is 0.476. The Morgan fingerprint density at radius 1 is 1.00 bits per heavy atom. The number of fused-ring (bicyclic) bond motifs is 2. The molecule has 0 saturated heterocycles. The van der Waals surface area contributed by atoms with E-state index in [9.17, 15) is 14.4 Å². The van der Waals surface area contributed by atoms with Gasteiger partial charge < -0.3 is 4.90 Å². The van der Waals surface area contributed by atoms with Crippen LogP contribution in [-0.2, 0) is 9.59 Å². The average molecular weight is 380 g/mol. The molecule has 0 aromatic heterocycles. The number of imide groups is 1. The van der Waals surface area contributed by atoms with Crippen LogP contribution in [0.15, 0.2) is 34.3 Å². The minimum atomic E-state index is -0.715. The maximum Gasteiger partial charge on any atom is 0.349 e. The van der Waals surface area contributed by atoms with Crippen LogP contribution in [0.4, 0.5) is 10.5 Å². The van der Waals surface area contributed by atoms with Crippen LogP contribution >= 0.6 is 0 Å². The first kappa shape index (κ1) is 18.5. The Hall–Kier alpha value is -2.83. The van der Waals surface area contributed by atoms with E-state index in [0.29, 0.717) is 12.8 Å². The van der Waals surface area contributed by atoms with Crippen molar-refractivity contribution in [3.8, 4) is 0 Å². The zero-order chi connectivity index (χ0) is 19.8. The summed E-state index contributed by atoms with van der Waals surface area (Å²) in [5, 5.41) is 2.28. The predicted octanol–water partition coefficient (Wildman–Crippen LogP) is 2.70. The number of nitrogens with one attached hydrogen (secondary N) is 1. The summed E-state index contributed by atoms with van der Waals surface area (Å²) in [6, 6.07) is 7.36. The molecule has 3 amide bonds. The lowest BCUT2D eigenvalue weighted by molar-refractivity contribution is -0.125. The molecule has 1 aliphatic carbocycles. The van der Waals surface area contributed by atoms with Crippen LogP contribution in [-0.4, -0.2) is 42.4 Å². The van der Waals surface area contributed by atoms with Crippen LogP contribution in [0.25, 0.3) is 0 Å². The third kappa shape index (κ3) is 3.04. The fourth-order valence-electron chi connectivity index (χ4n) is 4.61. The van der Waals surface area contributed by atoms with Crippen molar-refractivity contribution >= 4 is 35.0 Å². The number of amidine groups is 1. The van der Waals surface area contributed by atoms with Crippen LogP contribution in [0.1, 0.15) is 44.6 Å². The molecule has 7 nitrogen and oxygen atoms in total. The number of hydrogen-bond acceptors (Lipinski definition) is 5. The molecule has 0 bridgehead atoms. The SMILES string of the molecule is CCN(CC)c1ccc(C2C3C(=O)CCCC3=NC3=NC(=O)NC(=O)C32)cc1. The number of nitrogens with zero attached hydrogens (tertiary/aromatic N) is 3. The second kappa shape index (κ2) is 7.30. The third-order valence-corrected chi connectivity index (χ3v) is 5.95. The lowest BCUT2D eigenvalue weighted by atomic mass is 9.66. The largest absolute Gasteiger partial charge is 0.372 e. The van der Waals surface area contributed by atoms with Crippen LogP contribution in [0.2, 0.25) is 0 Å². The van der Waals surface area contributed by atoms with Gasteiger partial charge in [0.1, 0.15) is 17.5 Å². The summed E-state index contributed by atoms with van der Waals surface area (Å²) >= 11 is 0. The first-order valence-corrected chi connectivity index (χ1v) is 9.92. The molecule has 4 rings (SSSR count). The number of benzene rings is 1. The van der Waals surface area contributed by atoms with Gasteiger partial charge in [0.25, 0.3) is 0 Å². The Morgan fingerprint density at radius 3 is 2.39 bits per heavy atom. The third-order valence-electron chi connectivity index (χ3n) is 5.95. The maximum atomic E-state index is 12.8. The zero-order valence-corrected chi connectivity index (χ0v) is 16.1. The molecule has 3 atom stereocenters. The molecule has 1 N–H and O–H groups in total. The van der Waals surface area contributed by atoms with E-state index in [1.54, 1.807) is 0 Å². The lowest BCUT2D eigenvalue weighted by Gasteiger charge is -2.39. The zero-order valence-electron chi connectivity index (χ0n) is 16.1. The quantitative estimate of drug-likeness (QED) is 0.869. The normalized spacial score (nSPS) is 26.6. The molecule has 3 unspecified atom stereocenters. The fourth-order valence-corrected chi connectivity index (χ4v) is 4.61. The molecule has 1 saturated carbocycles. The molecule has 28 heavy (non-hydrogen) atoms. The standard InChI is InChI=1S/C21H24N4O3/c1-3-25(4-2)13-10-8-12(9-11-13)16-17-14(6-5-7-15(17)26)22-19-18(16)20(27)24-21(28)23-19/h8-11,16-18H,3-7H2,1-2H3,(H,24,27,28). The van der Waals surface area contributed by atoms with Gasteiger partial charge in [0, 0.05) is 36.8 Å². The van der Waals surface area contributed by atoms with Crippen LogP contribution in [0.3, 0.4) is 0 Å². The van der Waals surface area contributed by atoms with E-state index in [0.717, 1.165) is 36.5 Å². The van der Waals surface area contributed by atoms with Gasteiger partial charge in [-0.05, 0) is 44.4 Å². The molecule has 2 heterocycles. The van der Waals surface area contributed by atoms with Crippen molar-refractivity contribution in [3.63, 3.8) is 0 Å². The van der Waals surface area contributed by atoms with Crippen LogP contribution in [0.5, 0.6) is 0 Å². The Labute approximate surface area is 163 Å². The van der Waals surface area contributed by atoms with Gasteiger partial charge in [0.05, 0.1) is 5.92 Å². The van der Waals surface area contributed by atoms with E-state index < -0.39 is 23.8 Å². The van der Waals surface area contributed by atoms with Gasteiger partial charge >= 0.3 is 6.03 Å². The van der Waals surface area contributed by atoms with Crippen molar-refractivity contribution in [2.75, 3.05) is 18.0 Å². The second-order valence-electron chi connectivity index (χ2n) is 7.43. The summed E-state index contributed by atoms with van der Waals surface area (Å²) in [5.74, 6) is -1.57. The Balaban J connectivity index is 1.79. The van der Waals surface area contributed by atoms with Crippen molar-refractivity contribution in [2.45, 2.75) is 39.0 Å². The average Bonchev–Trinajstić information content (AvgIpc) is 2.68. The van der Waals surface area contributed by atoms with Gasteiger partial charge in [-0.15, -0.1) is 0 Å². The number of ketones is 1. The number of rotatable bonds is 4. The van der Waals surface area contributed by atoms with Crippen molar-refractivity contribution in [3.05, 3.63) is 29.8 Å². The van der Waals surface area contributed by atoms with Gasteiger partial charge in [-0.25, -0.2) is 9.79 Å². The van der Waals surface area contributed by atoms with Gasteiger partial charge in [-0.1, -0.05) is 12.1 Å². The molecule has 2 aliphatic heterocycles. The number of urea groups is 1. The van der Waals surface area contributed by atoms with Gasteiger partial charge in [-0.2, -0.15) is 4.99 Å². The summed E-state index contributed by atoms with van der Waals surface area (Å²) < 4.78 is 0. The highest BCUT2D eigenvalue weighted by atomic mass is 16.2. The van der Waals surface area contributed by atoms with Crippen LogP contribution in [0, 0.1) is 11.8 Å².